The fourth-order valence-electron chi connectivity index (χ4n) is 2.84. The molecule has 3 heteroatoms. The molecule has 0 aliphatic heterocycles. The number of carbonyl (C=O) groups excluding carboxylic acids is 1. The molecule has 1 amide bonds. The van der Waals surface area contributed by atoms with E-state index in [-0.39, 0.29) is 17.1 Å². The maximum absolute atomic E-state index is 13.5. The summed E-state index contributed by atoms with van der Waals surface area (Å²) >= 11 is 0. The van der Waals surface area contributed by atoms with E-state index in [1.807, 2.05) is 6.07 Å². The summed E-state index contributed by atoms with van der Waals surface area (Å²) in [4.78, 5) is 12.1. The highest BCUT2D eigenvalue weighted by molar-refractivity contribution is 5.97. The summed E-state index contributed by atoms with van der Waals surface area (Å²) in [5.41, 5.74) is 2.89. The van der Waals surface area contributed by atoms with Crippen molar-refractivity contribution in [3.05, 3.63) is 41.2 Å². The number of aryl methyl sites for hydroxylation is 1. The first kappa shape index (κ1) is 13.3. The second-order valence-electron chi connectivity index (χ2n) is 6.53. The third kappa shape index (κ3) is 2.62. The molecule has 0 saturated heterocycles. The number of fused-ring (bicyclic) bond motifs is 1. The molecule has 106 valence electrons. The van der Waals surface area contributed by atoms with E-state index in [2.05, 4.69) is 19.2 Å². The second kappa shape index (κ2) is 4.72. The first-order valence-electron chi connectivity index (χ1n) is 7.27. The number of carbonyl (C=O) groups is 1. The largest absolute Gasteiger partial charge is 0.350 e. The van der Waals surface area contributed by atoms with Crippen LogP contribution in [0.15, 0.2) is 24.3 Å². The Morgan fingerprint density at radius 1 is 1.40 bits per heavy atom. The molecule has 3 rings (SSSR count). The van der Waals surface area contributed by atoms with E-state index in [1.54, 1.807) is 12.1 Å². The predicted octanol–water partition coefficient (Wildman–Crippen LogP) is 3.46. The number of nitrogens with one attached hydrogen (secondary N) is 1. The van der Waals surface area contributed by atoms with Gasteiger partial charge in [0.25, 0.3) is 0 Å². The molecule has 2 aliphatic carbocycles. The Balaban J connectivity index is 1.99. The molecular formula is C17H20FNO. The highest BCUT2D eigenvalue weighted by atomic mass is 19.1. The van der Waals surface area contributed by atoms with E-state index in [1.165, 1.54) is 6.07 Å². The second-order valence-corrected chi connectivity index (χ2v) is 6.53. The average molecular weight is 273 g/mol. The summed E-state index contributed by atoms with van der Waals surface area (Å²) in [6.45, 7) is 4.24. The van der Waals surface area contributed by atoms with E-state index in [0.717, 1.165) is 42.4 Å². The van der Waals surface area contributed by atoms with Crippen LogP contribution >= 0.6 is 0 Å². The molecule has 0 bridgehead atoms. The lowest BCUT2D eigenvalue weighted by atomic mass is 9.70. The number of benzene rings is 1. The maximum atomic E-state index is 13.5. The molecule has 2 aliphatic rings. The SMILES string of the molecule is CC1(C)CCc2ccc(F)cc2C1=CC(=O)NC1CC1. The predicted molar refractivity (Wildman–Crippen MR) is 77.6 cm³/mol. The lowest BCUT2D eigenvalue weighted by Crippen LogP contribution is -2.27. The third-order valence-electron chi connectivity index (χ3n) is 4.31. The van der Waals surface area contributed by atoms with Gasteiger partial charge in [0.2, 0.25) is 5.91 Å². The lowest BCUT2D eigenvalue weighted by Gasteiger charge is -2.34. The van der Waals surface area contributed by atoms with E-state index >= 15 is 0 Å². The van der Waals surface area contributed by atoms with Crippen LogP contribution < -0.4 is 5.32 Å². The van der Waals surface area contributed by atoms with Crippen molar-refractivity contribution in [2.75, 3.05) is 0 Å². The molecule has 0 heterocycles. The molecule has 0 atom stereocenters. The van der Waals surface area contributed by atoms with Crippen LogP contribution in [0.4, 0.5) is 4.39 Å². The van der Waals surface area contributed by atoms with Gasteiger partial charge in [-0.2, -0.15) is 0 Å². The van der Waals surface area contributed by atoms with Gasteiger partial charge in [-0.25, -0.2) is 4.39 Å². The van der Waals surface area contributed by atoms with Crippen LogP contribution in [0.1, 0.15) is 44.2 Å². The fourth-order valence-corrected chi connectivity index (χ4v) is 2.84. The van der Waals surface area contributed by atoms with Crippen molar-refractivity contribution < 1.29 is 9.18 Å². The van der Waals surface area contributed by atoms with Crippen molar-refractivity contribution in [3.8, 4) is 0 Å². The van der Waals surface area contributed by atoms with Crippen molar-refractivity contribution in [1.82, 2.24) is 5.32 Å². The van der Waals surface area contributed by atoms with Crippen molar-refractivity contribution in [2.24, 2.45) is 5.41 Å². The summed E-state index contributed by atoms with van der Waals surface area (Å²) < 4.78 is 13.5. The summed E-state index contributed by atoms with van der Waals surface area (Å²) in [6.07, 6.45) is 5.74. The number of rotatable bonds is 2. The molecule has 0 spiro atoms. The molecule has 1 N–H and O–H groups in total. The van der Waals surface area contributed by atoms with E-state index in [4.69, 9.17) is 0 Å². The topological polar surface area (TPSA) is 29.1 Å². The number of hydrogen-bond acceptors (Lipinski definition) is 1. The van der Waals surface area contributed by atoms with E-state index in [9.17, 15) is 9.18 Å². The Morgan fingerprint density at radius 3 is 2.85 bits per heavy atom. The van der Waals surface area contributed by atoms with Gasteiger partial charge in [-0.1, -0.05) is 19.9 Å². The van der Waals surface area contributed by atoms with Crippen molar-refractivity contribution in [2.45, 2.75) is 45.6 Å². The molecule has 2 nitrogen and oxygen atoms in total. The van der Waals surface area contributed by atoms with Gasteiger partial charge in [0.15, 0.2) is 0 Å². The van der Waals surface area contributed by atoms with Gasteiger partial charge in [-0.3, -0.25) is 4.79 Å². The van der Waals surface area contributed by atoms with Gasteiger partial charge in [0.1, 0.15) is 5.82 Å². The molecule has 1 aromatic rings. The molecule has 20 heavy (non-hydrogen) atoms. The average Bonchev–Trinajstić information content (AvgIpc) is 3.17. The maximum Gasteiger partial charge on any atom is 0.244 e. The quantitative estimate of drug-likeness (QED) is 0.821. The van der Waals surface area contributed by atoms with Crippen LogP contribution in [0.3, 0.4) is 0 Å². The van der Waals surface area contributed by atoms with Crippen molar-refractivity contribution >= 4 is 11.5 Å². The van der Waals surface area contributed by atoms with Crippen molar-refractivity contribution in [3.63, 3.8) is 0 Å². The molecule has 0 aromatic heterocycles. The van der Waals surface area contributed by atoms with E-state index in [0.29, 0.717) is 6.04 Å². The normalized spacial score (nSPS) is 22.4. The van der Waals surface area contributed by atoms with Gasteiger partial charge < -0.3 is 5.32 Å². The summed E-state index contributed by atoms with van der Waals surface area (Å²) in [6, 6.07) is 5.25. The standard InChI is InChI=1S/C17H20FNO/c1-17(2)8-7-11-3-4-12(18)9-14(11)15(17)10-16(20)19-13-5-6-13/h3-4,9-10,13H,5-8H2,1-2H3,(H,19,20). The van der Waals surface area contributed by atoms with E-state index < -0.39 is 0 Å². The minimum absolute atomic E-state index is 0.0484. The summed E-state index contributed by atoms with van der Waals surface area (Å²) in [5.74, 6) is -0.289. The molecule has 0 radical (unpaired) electrons. The minimum Gasteiger partial charge on any atom is -0.350 e. The van der Waals surface area contributed by atoms with Crippen LogP contribution in [0.5, 0.6) is 0 Å². The molecule has 1 saturated carbocycles. The Hall–Kier alpha value is -1.64. The van der Waals surface area contributed by atoms with Gasteiger partial charge >= 0.3 is 0 Å². The number of hydrogen-bond donors (Lipinski definition) is 1. The zero-order valence-electron chi connectivity index (χ0n) is 12.0. The van der Waals surface area contributed by atoms with Crippen LogP contribution in [-0.4, -0.2) is 11.9 Å². The van der Waals surface area contributed by atoms with Crippen LogP contribution in [0, 0.1) is 11.2 Å². The zero-order valence-corrected chi connectivity index (χ0v) is 12.0. The third-order valence-corrected chi connectivity index (χ3v) is 4.31. The van der Waals surface area contributed by atoms with Crippen molar-refractivity contribution in [1.29, 1.82) is 0 Å². The Morgan fingerprint density at radius 2 is 2.15 bits per heavy atom. The monoisotopic (exact) mass is 273 g/mol. The number of allylic oxidation sites excluding steroid dienone is 1. The zero-order chi connectivity index (χ0) is 14.3. The van der Waals surface area contributed by atoms with Gasteiger partial charge in [0.05, 0.1) is 0 Å². The molecule has 0 unspecified atom stereocenters. The first-order valence-corrected chi connectivity index (χ1v) is 7.27. The van der Waals surface area contributed by atoms with Gasteiger partial charge in [-0.15, -0.1) is 0 Å². The Kier molecular flexibility index (Phi) is 3.15. The minimum atomic E-state index is -0.241. The molecule has 1 fully saturated rings. The van der Waals surface area contributed by atoms with Crippen LogP contribution in [-0.2, 0) is 11.2 Å². The highest BCUT2D eigenvalue weighted by Crippen LogP contribution is 2.44. The Labute approximate surface area is 119 Å². The van der Waals surface area contributed by atoms with Crippen LogP contribution in [0.2, 0.25) is 0 Å². The van der Waals surface area contributed by atoms with Gasteiger partial charge in [0, 0.05) is 12.1 Å². The fraction of sp³-hybridized carbons (Fsp3) is 0.471. The molecular weight excluding hydrogens is 253 g/mol. The molecule has 1 aromatic carbocycles. The van der Waals surface area contributed by atoms with Gasteiger partial charge in [-0.05, 0) is 59.9 Å². The summed E-state index contributed by atoms with van der Waals surface area (Å²) in [7, 11) is 0. The number of amides is 1. The Bertz CT molecular complexity index is 585. The number of halogens is 1. The smallest absolute Gasteiger partial charge is 0.244 e. The first-order chi connectivity index (χ1) is 9.45. The summed E-state index contributed by atoms with van der Waals surface area (Å²) in [5, 5.41) is 2.98. The van der Waals surface area contributed by atoms with Crippen LogP contribution in [0.25, 0.3) is 5.57 Å². The lowest BCUT2D eigenvalue weighted by molar-refractivity contribution is -0.116. The highest BCUT2D eigenvalue weighted by Gasteiger charge is 2.32.